The number of rotatable bonds is 4. The largest absolute Gasteiger partial charge is 0.387 e. The summed E-state index contributed by atoms with van der Waals surface area (Å²) in [5.41, 5.74) is 2.23. The molecule has 1 fully saturated rings. The third kappa shape index (κ3) is 3.18. The van der Waals surface area contributed by atoms with Gasteiger partial charge in [-0.15, -0.1) is 11.3 Å². The van der Waals surface area contributed by atoms with Crippen molar-refractivity contribution in [3.05, 3.63) is 39.6 Å². The number of benzene rings is 1. The van der Waals surface area contributed by atoms with E-state index in [4.69, 9.17) is 4.63 Å². The molecule has 3 heterocycles. The van der Waals surface area contributed by atoms with Crippen LogP contribution in [0.1, 0.15) is 34.9 Å². The summed E-state index contributed by atoms with van der Waals surface area (Å²) < 4.78 is 32.9. The Kier molecular flexibility index (Phi) is 4.79. The van der Waals surface area contributed by atoms with Crippen LogP contribution < -0.4 is 0 Å². The number of sulfonamides is 1. The van der Waals surface area contributed by atoms with Gasteiger partial charge in [-0.25, -0.2) is 13.0 Å². The molecule has 3 aromatic rings. The van der Waals surface area contributed by atoms with Crippen LogP contribution in [0, 0.1) is 19.8 Å². The highest BCUT2D eigenvalue weighted by molar-refractivity contribution is 7.89. The Morgan fingerprint density at radius 2 is 1.93 bits per heavy atom. The lowest BCUT2D eigenvalue weighted by Gasteiger charge is -2.33. The molecular formula is C18H21N3O4S2. The summed E-state index contributed by atoms with van der Waals surface area (Å²) in [5.74, 6) is 0.0583. The fraction of sp³-hybridized carbons (Fsp3) is 0.444. The van der Waals surface area contributed by atoms with Crippen LogP contribution in [0.5, 0.6) is 0 Å². The number of piperidine rings is 1. The van der Waals surface area contributed by atoms with Crippen LogP contribution in [0.3, 0.4) is 0 Å². The Morgan fingerprint density at radius 1 is 1.22 bits per heavy atom. The predicted molar refractivity (Wildman–Crippen MR) is 102 cm³/mol. The van der Waals surface area contributed by atoms with Gasteiger partial charge in [-0.3, -0.25) is 0 Å². The van der Waals surface area contributed by atoms with Crippen LogP contribution in [0.25, 0.3) is 11.0 Å². The lowest BCUT2D eigenvalue weighted by molar-refractivity contribution is 0.0789. The second-order valence-electron chi connectivity index (χ2n) is 7.00. The third-order valence-corrected chi connectivity index (χ3v) is 8.27. The van der Waals surface area contributed by atoms with E-state index >= 15 is 0 Å². The number of hydrogen-bond acceptors (Lipinski definition) is 7. The summed E-state index contributed by atoms with van der Waals surface area (Å²) >= 11 is 1.53. The number of aliphatic hydroxyl groups is 1. The molecule has 4 rings (SSSR count). The van der Waals surface area contributed by atoms with Gasteiger partial charge in [0.15, 0.2) is 5.52 Å². The van der Waals surface area contributed by atoms with Crippen LogP contribution in [0.2, 0.25) is 0 Å². The van der Waals surface area contributed by atoms with E-state index in [0.717, 1.165) is 10.4 Å². The topological polar surface area (TPSA) is 96.5 Å². The first-order chi connectivity index (χ1) is 12.9. The van der Waals surface area contributed by atoms with Crippen LogP contribution >= 0.6 is 11.3 Å². The lowest BCUT2D eigenvalue weighted by atomic mass is 9.91. The standard InChI is InChI=1S/C18H21N3O4S2/c1-11-10-12(2)18(16-15(11)19-25-20-16)27(23,24)21-7-5-13(6-8-21)17(22)14-4-3-9-26-14/h3-4,9-10,13,17,22H,5-8H2,1-2H3. The van der Waals surface area contributed by atoms with Gasteiger partial charge >= 0.3 is 0 Å². The van der Waals surface area contributed by atoms with E-state index in [0.29, 0.717) is 37.0 Å². The molecule has 1 aliphatic heterocycles. The maximum absolute atomic E-state index is 13.3. The zero-order chi connectivity index (χ0) is 19.2. The summed E-state index contributed by atoms with van der Waals surface area (Å²) in [6, 6.07) is 5.63. The average Bonchev–Trinajstić information content (AvgIpc) is 3.33. The molecule has 1 aliphatic rings. The SMILES string of the molecule is Cc1cc(C)c2nonc2c1S(=O)(=O)N1CCC(C(O)c2cccs2)CC1. The second-order valence-corrected chi connectivity index (χ2v) is 9.86. The Hall–Kier alpha value is -1.81. The van der Waals surface area contributed by atoms with Crippen molar-refractivity contribution in [2.24, 2.45) is 5.92 Å². The molecule has 0 amide bonds. The molecule has 0 aliphatic carbocycles. The Balaban J connectivity index is 1.59. The van der Waals surface area contributed by atoms with Gasteiger partial charge in [-0.05, 0) is 65.5 Å². The van der Waals surface area contributed by atoms with E-state index in [1.807, 2.05) is 24.4 Å². The fourth-order valence-corrected chi connectivity index (χ4v) is 6.42. The van der Waals surface area contributed by atoms with E-state index < -0.39 is 16.1 Å². The normalized spacial score (nSPS) is 18.2. The zero-order valence-corrected chi connectivity index (χ0v) is 16.8. The third-order valence-electron chi connectivity index (χ3n) is 5.25. The van der Waals surface area contributed by atoms with Crippen molar-refractivity contribution in [2.45, 2.75) is 37.7 Å². The minimum absolute atomic E-state index is 0.0583. The average molecular weight is 408 g/mol. The molecule has 7 nitrogen and oxygen atoms in total. The van der Waals surface area contributed by atoms with Gasteiger partial charge in [0, 0.05) is 18.0 Å². The maximum atomic E-state index is 13.3. The Morgan fingerprint density at radius 3 is 2.59 bits per heavy atom. The smallest absolute Gasteiger partial charge is 0.245 e. The highest BCUT2D eigenvalue weighted by atomic mass is 32.2. The molecule has 0 spiro atoms. The van der Waals surface area contributed by atoms with Gasteiger partial charge in [-0.2, -0.15) is 4.31 Å². The van der Waals surface area contributed by atoms with E-state index in [9.17, 15) is 13.5 Å². The van der Waals surface area contributed by atoms with Crippen molar-refractivity contribution in [3.63, 3.8) is 0 Å². The van der Waals surface area contributed by atoms with E-state index in [2.05, 4.69) is 10.3 Å². The van der Waals surface area contributed by atoms with E-state index in [1.165, 1.54) is 15.6 Å². The molecule has 1 atom stereocenters. The first kappa shape index (κ1) is 18.5. The van der Waals surface area contributed by atoms with Crippen LogP contribution in [-0.4, -0.2) is 41.2 Å². The van der Waals surface area contributed by atoms with Gasteiger partial charge in [-0.1, -0.05) is 12.1 Å². The van der Waals surface area contributed by atoms with Crippen LogP contribution in [0.15, 0.2) is 33.1 Å². The molecule has 1 N–H and O–H groups in total. The summed E-state index contributed by atoms with van der Waals surface area (Å²) in [4.78, 5) is 1.10. The molecule has 0 saturated carbocycles. The van der Waals surface area contributed by atoms with E-state index in [1.54, 1.807) is 13.0 Å². The van der Waals surface area contributed by atoms with E-state index in [-0.39, 0.29) is 16.3 Å². The summed E-state index contributed by atoms with van der Waals surface area (Å²) in [5, 5.41) is 20.2. The highest BCUT2D eigenvalue weighted by Crippen LogP contribution is 2.36. The molecule has 0 bridgehead atoms. The molecule has 0 radical (unpaired) electrons. The molecule has 1 aromatic carbocycles. The Labute approximate surface area is 161 Å². The zero-order valence-electron chi connectivity index (χ0n) is 15.1. The summed E-state index contributed by atoms with van der Waals surface area (Å²) in [6.07, 6.45) is 0.690. The minimum Gasteiger partial charge on any atom is -0.387 e. The van der Waals surface area contributed by atoms with Crippen molar-refractivity contribution in [2.75, 3.05) is 13.1 Å². The number of hydrogen-bond donors (Lipinski definition) is 1. The first-order valence-corrected chi connectivity index (χ1v) is 11.2. The molecule has 144 valence electrons. The first-order valence-electron chi connectivity index (χ1n) is 8.83. The molecule has 1 unspecified atom stereocenters. The van der Waals surface area contributed by atoms with Crippen molar-refractivity contribution in [3.8, 4) is 0 Å². The summed E-state index contributed by atoms with van der Waals surface area (Å²) in [6.45, 7) is 4.36. The maximum Gasteiger partial charge on any atom is 0.245 e. The lowest BCUT2D eigenvalue weighted by Crippen LogP contribution is -2.40. The van der Waals surface area contributed by atoms with Crippen molar-refractivity contribution >= 4 is 32.4 Å². The fourth-order valence-electron chi connectivity index (χ4n) is 3.82. The minimum atomic E-state index is -3.72. The predicted octanol–water partition coefficient (Wildman–Crippen LogP) is 3.04. The van der Waals surface area contributed by atoms with Crippen molar-refractivity contribution in [1.82, 2.24) is 14.6 Å². The van der Waals surface area contributed by atoms with Gasteiger partial charge in [0.2, 0.25) is 10.0 Å². The molecule has 9 heteroatoms. The number of thiophene rings is 1. The Bertz CT molecular complexity index is 1050. The van der Waals surface area contributed by atoms with Crippen LogP contribution in [0.4, 0.5) is 0 Å². The van der Waals surface area contributed by atoms with Crippen LogP contribution in [-0.2, 0) is 10.0 Å². The number of aromatic nitrogens is 2. The molecule has 27 heavy (non-hydrogen) atoms. The molecule has 2 aromatic heterocycles. The monoisotopic (exact) mass is 407 g/mol. The highest BCUT2D eigenvalue weighted by Gasteiger charge is 2.35. The van der Waals surface area contributed by atoms with Gasteiger partial charge in [0.05, 0.1) is 6.10 Å². The number of nitrogens with zero attached hydrogens (tertiary/aromatic N) is 3. The number of fused-ring (bicyclic) bond motifs is 1. The summed E-state index contributed by atoms with van der Waals surface area (Å²) in [7, 11) is -3.72. The molecule has 1 saturated heterocycles. The number of aliphatic hydroxyl groups excluding tert-OH is 1. The quantitative estimate of drug-likeness (QED) is 0.714. The van der Waals surface area contributed by atoms with Gasteiger partial charge < -0.3 is 5.11 Å². The van der Waals surface area contributed by atoms with Crippen molar-refractivity contribution < 1.29 is 18.2 Å². The molecular weight excluding hydrogens is 386 g/mol. The van der Waals surface area contributed by atoms with Gasteiger partial charge in [0.1, 0.15) is 10.4 Å². The number of aryl methyl sites for hydroxylation is 2. The van der Waals surface area contributed by atoms with Gasteiger partial charge in [0.25, 0.3) is 0 Å². The van der Waals surface area contributed by atoms with Crippen molar-refractivity contribution in [1.29, 1.82) is 0 Å². The second kappa shape index (κ2) is 6.97.